The summed E-state index contributed by atoms with van der Waals surface area (Å²) in [6, 6.07) is 9.06. The van der Waals surface area contributed by atoms with Crippen molar-refractivity contribution in [1.29, 1.82) is 0 Å². The molecule has 0 spiro atoms. The maximum absolute atomic E-state index is 5.11. The average molecular weight is 275 g/mol. The first-order valence-electron chi connectivity index (χ1n) is 7.35. The van der Waals surface area contributed by atoms with Gasteiger partial charge in [-0.25, -0.2) is 0 Å². The van der Waals surface area contributed by atoms with Crippen LogP contribution in [0.5, 0.6) is 0 Å². The van der Waals surface area contributed by atoms with Crippen LogP contribution in [0.4, 0.5) is 0 Å². The van der Waals surface area contributed by atoms with Gasteiger partial charge < -0.3 is 15.4 Å². The zero-order valence-corrected chi connectivity index (χ0v) is 12.5. The van der Waals surface area contributed by atoms with Gasteiger partial charge in [-0.3, -0.25) is 4.99 Å². The highest BCUT2D eigenvalue weighted by molar-refractivity contribution is 5.79. The number of benzene rings is 1. The van der Waals surface area contributed by atoms with Crippen LogP contribution < -0.4 is 10.6 Å². The third kappa shape index (κ3) is 4.53. The summed E-state index contributed by atoms with van der Waals surface area (Å²) in [4.78, 5) is 4.29. The van der Waals surface area contributed by atoms with Gasteiger partial charge in [-0.15, -0.1) is 0 Å². The maximum Gasteiger partial charge on any atom is 0.191 e. The fraction of sp³-hybridized carbons (Fsp3) is 0.562. The third-order valence-electron chi connectivity index (χ3n) is 3.71. The van der Waals surface area contributed by atoms with Crippen LogP contribution >= 0.6 is 0 Å². The van der Waals surface area contributed by atoms with E-state index in [0.717, 1.165) is 12.5 Å². The van der Waals surface area contributed by atoms with Crippen LogP contribution in [-0.4, -0.2) is 26.2 Å². The van der Waals surface area contributed by atoms with Gasteiger partial charge in [0.15, 0.2) is 5.96 Å². The molecule has 0 aliphatic heterocycles. The molecule has 0 amide bonds. The van der Waals surface area contributed by atoms with E-state index < -0.39 is 0 Å². The molecule has 1 saturated carbocycles. The summed E-state index contributed by atoms with van der Waals surface area (Å²) in [5.74, 6) is 0.901. The lowest BCUT2D eigenvalue weighted by Gasteiger charge is -2.17. The molecule has 110 valence electrons. The molecule has 4 heteroatoms. The second-order valence-electron chi connectivity index (χ2n) is 5.30. The predicted octanol–water partition coefficient (Wildman–Crippen LogP) is 2.44. The normalized spacial score (nSPS) is 16.4. The predicted molar refractivity (Wildman–Crippen MR) is 82.7 cm³/mol. The van der Waals surface area contributed by atoms with Crippen LogP contribution in [0, 0.1) is 0 Å². The van der Waals surface area contributed by atoms with E-state index in [9.17, 15) is 0 Å². The van der Waals surface area contributed by atoms with Crippen molar-refractivity contribution in [1.82, 2.24) is 10.6 Å². The van der Waals surface area contributed by atoms with Crippen LogP contribution in [0.25, 0.3) is 0 Å². The molecule has 1 fully saturated rings. The Hall–Kier alpha value is -1.55. The zero-order valence-electron chi connectivity index (χ0n) is 12.5. The fourth-order valence-electron chi connectivity index (χ4n) is 2.56. The number of aliphatic imine (C=N–C) groups is 1. The number of hydrogen-bond donors (Lipinski definition) is 2. The molecule has 20 heavy (non-hydrogen) atoms. The van der Waals surface area contributed by atoms with Gasteiger partial charge >= 0.3 is 0 Å². The summed E-state index contributed by atoms with van der Waals surface area (Å²) in [6.07, 6.45) is 5.17. The topological polar surface area (TPSA) is 45.7 Å². The SMILES string of the molecule is CN=C(NCc1ccc(COC)cc1)NC1CCCC1. The van der Waals surface area contributed by atoms with E-state index >= 15 is 0 Å². The van der Waals surface area contributed by atoms with E-state index in [-0.39, 0.29) is 0 Å². The van der Waals surface area contributed by atoms with Crippen molar-refractivity contribution in [3.63, 3.8) is 0 Å². The monoisotopic (exact) mass is 275 g/mol. The highest BCUT2D eigenvalue weighted by atomic mass is 16.5. The van der Waals surface area contributed by atoms with Crippen molar-refractivity contribution in [2.75, 3.05) is 14.2 Å². The van der Waals surface area contributed by atoms with Crippen molar-refractivity contribution in [2.24, 2.45) is 4.99 Å². The lowest BCUT2D eigenvalue weighted by molar-refractivity contribution is 0.185. The van der Waals surface area contributed by atoms with E-state index in [4.69, 9.17) is 4.74 Å². The Kier molecular flexibility index (Phi) is 5.87. The third-order valence-corrected chi connectivity index (χ3v) is 3.71. The number of methoxy groups -OCH3 is 1. The summed E-state index contributed by atoms with van der Waals surface area (Å²) in [6.45, 7) is 1.46. The van der Waals surface area contributed by atoms with E-state index in [0.29, 0.717) is 12.6 Å². The molecule has 1 aliphatic rings. The molecule has 0 aromatic heterocycles. The van der Waals surface area contributed by atoms with Gasteiger partial charge in [0.1, 0.15) is 0 Å². The minimum Gasteiger partial charge on any atom is -0.380 e. The fourth-order valence-corrected chi connectivity index (χ4v) is 2.56. The van der Waals surface area contributed by atoms with Gasteiger partial charge in [-0.05, 0) is 24.0 Å². The van der Waals surface area contributed by atoms with Gasteiger partial charge in [0.05, 0.1) is 6.61 Å². The van der Waals surface area contributed by atoms with Crippen LogP contribution in [0.1, 0.15) is 36.8 Å². The Balaban J connectivity index is 1.80. The van der Waals surface area contributed by atoms with Crippen LogP contribution in [-0.2, 0) is 17.9 Å². The first-order valence-corrected chi connectivity index (χ1v) is 7.35. The summed E-state index contributed by atoms with van der Waals surface area (Å²) in [7, 11) is 3.54. The maximum atomic E-state index is 5.11. The van der Waals surface area contributed by atoms with Crippen LogP contribution in [0.15, 0.2) is 29.3 Å². The van der Waals surface area contributed by atoms with E-state index in [2.05, 4.69) is 39.9 Å². The summed E-state index contributed by atoms with van der Waals surface area (Å²) >= 11 is 0. The Morgan fingerprint density at radius 1 is 1.20 bits per heavy atom. The van der Waals surface area contributed by atoms with Crippen molar-refractivity contribution in [3.8, 4) is 0 Å². The van der Waals surface area contributed by atoms with Crippen molar-refractivity contribution >= 4 is 5.96 Å². The molecule has 0 bridgehead atoms. The Morgan fingerprint density at radius 2 is 1.85 bits per heavy atom. The van der Waals surface area contributed by atoms with E-state index in [1.807, 2.05) is 7.05 Å². The summed E-state index contributed by atoms with van der Waals surface area (Å²) in [5.41, 5.74) is 2.45. The first-order chi connectivity index (χ1) is 9.81. The molecule has 2 rings (SSSR count). The molecule has 1 aromatic carbocycles. The Labute approximate surface area is 121 Å². The Morgan fingerprint density at radius 3 is 2.45 bits per heavy atom. The lowest BCUT2D eigenvalue weighted by atomic mass is 10.1. The van der Waals surface area contributed by atoms with Gasteiger partial charge in [0, 0.05) is 26.7 Å². The van der Waals surface area contributed by atoms with Crippen molar-refractivity contribution in [2.45, 2.75) is 44.9 Å². The number of nitrogens with one attached hydrogen (secondary N) is 2. The average Bonchev–Trinajstić information content (AvgIpc) is 2.98. The number of nitrogens with zero attached hydrogens (tertiary/aromatic N) is 1. The molecule has 0 heterocycles. The minimum atomic E-state index is 0.588. The quantitative estimate of drug-likeness (QED) is 0.641. The number of hydrogen-bond acceptors (Lipinski definition) is 2. The van der Waals surface area contributed by atoms with Gasteiger partial charge in [-0.1, -0.05) is 37.1 Å². The first kappa shape index (κ1) is 14.9. The van der Waals surface area contributed by atoms with E-state index in [1.54, 1.807) is 7.11 Å². The molecule has 0 unspecified atom stereocenters. The summed E-state index contributed by atoms with van der Waals surface area (Å²) < 4.78 is 5.11. The second-order valence-corrected chi connectivity index (χ2v) is 5.30. The molecule has 1 aliphatic carbocycles. The van der Waals surface area contributed by atoms with Gasteiger partial charge in [0.25, 0.3) is 0 Å². The lowest BCUT2D eigenvalue weighted by Crippen LogP contribution is -2.41. The Bertz CT molecular complexity index is 422. The van der Waals surface area contributed by atoms with Crippen molar-refractivity contribution in [3.05, 3.63) is 35.4 Å². The largest absolute Gasteiger partial charge is 0.380 e. The number of rotatable bonds is 5. The molecule has 0 saturated heterocycles. The van der Waals surface area contributed by atoms with E-state index in [1.165, 1.54) is 36.8 Å². The van der Waals surface area contributed by atoms with Gasteiger partial charge in [-0.2, -0.15) is 0 Å². The molecule has 2 N–H and O–H groups in total. The number of guanidine groups is 1. The zero-order chi connectivity index (χ0) is 14.2. The molecule has 0 radical (unpaired) electrons. The minimum absolute atomic E-state index is 0.588. The molecule has 4 nitrogen and oxygen atoms in total. The van der Waals surface area contributed by atoms with Gasteiger partial charge in [0.2, 0.25) is 0 Å². The standard InChI is InChI=1S/C16H25N3O/c1-17-16(19-15-5-3-4-6-15)18-11-13-7-9-14(10-8-13)12-20-2/h7-10,15H,3-6,11-12H2,1-2H3,(H2,17,18,19). The molecule has 0 atom stereocenters. The molecular formula is C16H25N3O. The van der Waals surface area contributed by atoms with Crippen LogP contribution in [0.3, 0.4) is 0 Å². The smallest absolute Gasteiger partial charge is 0.191 e. The molecular weight excluding hydrogens is 250 g/mol. The van der Waals surface area contributed by atoms with Crippen molar-refractivity contribution < 1.29 is 4.74 Å². The second kappa shape index (κ2) is 7.90. The highest BCUT2D eigenvalue weighted by Crippen LogP contribution is 2.17. The van der Waals surface area contributed by atoms with Crippen LogP contribution in [0.2, 0.25) is 0 Å². The highest BCUT2D eigenvalue weighted by Gasteiger charge is 2.15. The number of ether oxygens (including phenoxy) is 1. The molecule has 1 aromatic rings. The summed E-state index contributed by atoms with van der Waals surface area (Å²) in [5, 5.41) is 6.86.